The highest BCUT2D eigenvalue weighted by Gasteiger charge is 2.19. The van der Waals surface area contributed by atoms with Gasteiger partial charge in [-0.25, -0.2) is 4.79 Å². The van der Waals surface area contributed by atoms with Crippen molar-refractivity contribution in [1.82, 2.24) is 10.2 Å². The van der Waals surface area contributed by atoms with E-state index in [1.807, 2.05) is 13.0 Å². The zero-order valence-corrected chi connectivity index (χ0v) is 19.2. The van der Waals surface area contributed by atoms with E-state index in [0.717, 1.165) is 49.8 Å². The van der Waals surface area contributed by atoms with Crippen molar-refractivity contribution in [2.75, 3.05) is 19.6 Å². The van der Waals surface area contributed by atoms with Gasteiger partial charge < -0.3 is 14.8 Å². The van der Waals surface area contributed by atoms with E-state index in [0.29, 0.717) is 30.0 Å². The lowest BCUT2D eigenvalue weighted by atomic mass is 9.93. The molecular formula is C27H32N2O4. The van der Waals surface area contributed by atoms with Crippen molar-refractivity contribution in [1.29, 1.82) is 0 Å². The molecule has 0 bridgehead atoms. The molecular weight excluding hydrogens is 416 g/mol. The number of nitrogens with zero attached hydrogens (tertiary/aromatic N) is 1. The average Bonchev–Trinajstić information content (AvgIpc) is 2.80. The number of fused-ring (bicyclic) bond motifs is 1. The molecule has 4 rings (SSSR count). The summed E-state index contributed by atoms with van der Waals surface area (Å²) in [5, 5.41) is 13.4. The zero-order chi connectivity index (χ0) is 23.2. The third-order valence-corrected chi connectivity index (χ3v) is 6.70. The molecule has 33 heavy (non-hydrogen) atoms. The Morgan fingerprint density at radius 1 is 1.15 bits per heavy atom. The highest BCUT2D eigenvalue weighted by molar-refractivity contribution is 5.82. The predicted octanol–water partition coefficient (Wildman–Crippen LogP) is 4.16. The normalized spacial score (nSPS) is 15.1. The van der Waals surface area contributed by atoms with Gasteiger partial charge in [0.05, 0.1) is 0 Å². The van der Waals surface area contributed by atoms with Crippen LogP contribution in [0.25, 0.3) is 11.0 Å². The van der Waals surface area contributed by atoms with Crippen LogP contribution >= 0.6 is 0 Å². The van der Waals surface area contributed by atoms with Crippen LogP contribution in [0.1, 0.15) is 42.4 Å². The van der Waals surface area contributed by atoms with Crippen LogP contribution in [0, 0.1) is 12.8 Å². The summed E-state index contributed by atoms with van der Waals surface area (Å²) >= 11 is 0. The predicted molar refractivity (Wildman–Crippen MR) is 129 cm³/mol. The van der Waals surface area contributed by atoms with Gasteiger partial charge >= 0.3 is 5.63 Å². The van der Waals surface area contributed by atoms with Crippen molar-refractivity contribution in [3.8, 4) is 5.75 Å². The fourth-order valence-corrected chi connectivity index (χ4v) is 4.69. The number of aryl methyl sites for hydroxylation is 1. The van der Waals surface area contributed by atoms with E-state index < -0.39 is 5.63 Å². The monoisotopic (exact) mass is 448 g/mol. The van der Waals surface area contributed by atoms with Crippen molar-refractivity contribution >= 4 is 16.9 Å². The Kier molecular flexibility index (Phi) is 7.45. The zero-order valence-electron chi connectivity index (χ0n) is 19.2. The molecule has 1 aromatic heterocycles. The lowest BCUT2D eigenvalue weighted by Gasteiger charge is -2.32. The van der Waals surface area contributed by atoms with E-state index in [9.17, 15) is 14.7 Å². The molecule has 1 saturated heterocycles. The van der Waals surface area contributed by atoms with Crippen molar-refractivity contribution in [3.63, 3.8) is 0 Å². The van der Waals surface area contributed by atoms with Crippen LogP contribution < -0.4 is 10.9 Å². The Morgan fingerprint density at radius 3 is 2.67 bits per heavy atom. The van der Waals surface area contributed by atoms with E-state index in [1.54, 1.807) is 12.1 Å². The van der Waals surface area contributed by atoms with Crippen LogP contribution in [0.15, 0.2) is 57.7 Å². The second kappa shape index (κ2) is 10.7. The molecule has 174 valence electrons. The van der Waals surface area contributed by atoms with Gasteiger partial charge in [-0.1, -0.05) is 30.3 Å². The lowest BCUT2D eigenvalue weighted by Crippen LogP contribution is -2.35. The smallest absolute Gasteiger partial charge is 0.339 e. The molecule has 1 aliphatic heterocycles. The lowest BCUT2D eigenvalue weighted by molar-refractivity contribution is -0.121. The Morgan fingerprint density at radius 2 is 1.91 bits per heavy atom. The van der Waals surface area contributed by atoms with Crippen LogP contribution in [0.2, 0.25) is 0 Å². The van der Waals surface area contributed by atoms with Gasteiger partial charge in [-0.3, -0.25) is 9.69 Å². The number of aromatic hydroxyl groups is 1. The number of rotatable bonds is 8. The number of hydrogen-bond acceptors (Lipinski definition) is 5. The van der Waals surface area contributed by atoms with Gasteiger partial charge in [-0.15, -0.1) is 0 Å². The summed E-state index contributed by atoms with van der Waals surface area (Å²) in [5.41, 5.74) is 2.60. The minimum atomic E-state index is -0.444. The van der Waals surface area contributed by atoms with Crippen LogP contribution in [0.5, 0.6) is 5.75 Å². The topological polar surface area (TPSA) is 82.8 Å². The van der Waals surface area contributed by atoms with Gasteiger partial charge in [0, 0.05) is 36.5 Å². The van der Waals surface area contributed by atoms with Gasteiger partial charge in [0.1, 0.15) is 11.3 Å². The molecule has 2 aromatic carbocycles. The number of likely N-dealkylation sites (tertiary alicyclic amines) is 1. The number of amides is 1. The van der Waals surface area contributed by atoms with Gasteiger partial charge in [0.2, 0.25) is 5.91 Å². The summed E-state index contributed by atoms with van der Waals surface area (Å²) in [6, 6.07) is 15.3. The van der Waals surface area contributed by atoms with E-state index >= 15 is 0 Å². The highest BCUT2D eigenvalue weighted by atomic mass is 16.4. The van der Waals surface area contributed by atoms with Crippen LogP contribution in [-0.4, -0.2) is 35.5 Å². The molecule has 0 spiro atoms. The molecule has 1 fully saturated rings. The number of phenols is 1. The number of carbonyl (C=O) groups is 1. The largest absolute Gasteiger partial charge is 0.508 e. The summed E-state index contributed by atoms with van der Waals surface area (Å²) in [6.45, 7) is 5.73. The fourth-order valence-electron chi connectivity index (χ4n) is 4.69. The number of benzene rings is 2. The highest BCUT2D eigenvalue weighted by Crippen LogP contribution is 2.24. The van der Waals surface area contributed by atoms with Crippen molar-refractivity contribution in [3.05, 3.63) is 75.6 Å². The maximum atomic E-state index is 12.4. The number of carbonyl (C=O) groups excluding carboxylic acids is 1. The van der Waals surface area contributed by atoms with Crippen molar-refractivity contribution in [2.24, 2.45) is 5.92 Å². The second-order valence-electron chi connectivity index (χ2n) is 9.02. The second-order valence-corrected chi connectivity index (χ2v) is 9.02. The van der Waals surface area contributed by atoms with E-state index in [2.05, 4.69) is 34.5 Å². The number of nitrogens with one attached hydrogen (secondary N) is 1. The van der Waals surface area contributed by atoms with Gasteiger partial charge in [-0.2, -0.15) is 0 Å². The first kappa shape index (κ1) is 23.1. The SMILES string of the molecule is Cc1c(CCC(=O)NCCC2CCN(Cc3ccccc3)CC2)c(=O)oc2cc(O)ccc12. The van der Waals surface area contributed by atoms with Crippen LogP contribution in [0.3, 0.4) is 0 Å². The number of hydrogen-bond donors (Lipinski definition) is 2. The van der Waals surface area contributed by atoms with Gasteiger partial charge in [0.25, 0.3) is 0 Å². The molecule has 0 unspecified atom stereocenters. The molecule has 1 aliphatic rings. The number of phenolic OH excluding ortho intramolecular Hbond substituents is 1. The molecule has 3 aromatic rings. The maximum Gasteiger partial charge on any atom is 0.339 e. The first-order valence-electron chi connectivity index (χ1n) is 11.8. The Bertz CT molecular complexity index is 1150. The first-order chi connectivity index (χ1) is 16.0. The van der Waals surface area contributed by atoms with Gasteiger partial charge in [-0.05, 0) is 74.9 Å². The molecule has 0 saturated carbocycles. The molecule has 2 heterocycles. The first-order valence-corrected chi connectivity index (χ1v) is 11.8. The van der Waals surface area contributed by atoms with E-state index in [4.69, 9.17) is 4.42 Å². The summed E-state index contributed by atoms with van der Waals surface area (Å²) in [6.07, 6.45) is 3.91. The summed E-state index contributed by atoms with van der Waals surface area (Å²) in [5.74, 6) is 0.656. The average molecular weight is 449 g/mol. The molecule has 0 aliphatic carbocycles. The minimum Gasteiger partial charge on any atom is -0.508 e. The quantitative estimate of drug-likeness (QED) is 0.506. The summed E-state index contributed by atoms with van der Waals surface area (Å²) in [7, 11) is 0. The van der Waals surface area contributed by atoms with Crippen molar-refractivity contribution in [2.45, 2.75) is 45.6 Å². The van der Waals surface area contributed by atoms with Crippen molar-refractivity contribution < 1.29 is 14.3 Å². The van der Waals surface area contributed by atoms with Crippen LogP contribution in [-0.2, 0) is 17.8 Å². The summed E-state index contributed by atoms with van der Waals surface area (Å²) < 4.78 is 5.34. The molecule has 6 heteroatoms. The Hall–Kier alpha value is -3.12. The van der Waals surface area contributed by atoms with Gasteiger partial charge in [0.15, 0.2) is 0 Å². The summed E-state index contributed by atoms with van der Waals surface area (Å²) in [4.78, 5) is 27.2. The van der Waals surface area contributed by atoms with Crippen LogP contribution in [0.4, 0.5) is 0 Å². The molecule has 2 N–H and O–H groups in total. The molecule has 1 amide bonds. The third-order valence-electron chi connectivity index (χ3n) is 6.70. The molecule has 6 nitrogen and oxygen atoms in total. The maximum absolute atomic E-state index is 12.4. The Balaban J connectivity index is 1.19. The van der Waals surface area contributed by atoms with E-state index in [-0.39, 0.29) is 18.1 Å². The van der Waals surface area contributed by atoms with E-state index in [1.165, 1.54) is 11.6 Å². The number of piperidine rings is 1. The fraction of sp³-hybridized carbons (Fsp3) is 0.407. The Labute approximate surface area is 194 Å². The minimum absolute atomic E-state index is 0.0406. The molecule has 0 atom stereocenters. The standard InChI is InChI=1S/C27H32N2O4/c1-19-23-8-7-22(30)17-25(23)33-27(32)24(19)9-10-26(31)28-14-11-20-12-15-29(16-13-20)18-21-5-3-2-4-6-21/h2-8,17,20,30H,9-16,18H2,1H3,(H,28,31). The molecule has 0 radical (unpaired) electrons. The third kappa shape index (κ3) is 6.02.